The van der Waals surface area contributed by atoms with Crippen molar-refractivity contribution in [2.75, 3.05) is 18.4 Å². The number of anilines is 1. The molecule has 1 aliphatic rings. The van der Waals surface area contributed by atoms with Gasteiger partial charge in [0.05, 0.1) is 6.42 Å². The smallest absolute Gasteiger partial charge is 0.255 e. The van der Waals surface area contributed by atoms with Crippen LogP contribution < -0.4 is 10.9 Å². The summed E-state index contributed by atoms with van der Waals surface area (Å²) in [5, 5.41) is 3.46. The molecule has 2 N–H and O–H groups in total. The number of benzene rings is 1. The van der Waals surface area contributed by atoms with E-state index in [9.17, 15) is 9.59 Å². The molecule has 4 rings (SSSR count). The molecular weight excluding hydrogens is 366 g/mol. The van der Waals surface area contributed by atoms with Crippen LogP contribution in [-0.4, -0.2) is 44.9 Å². The van der Waals surface area contributed by atoms with Crippen LogP contribution in [0, 0.1) is 6.92 Å². The fourth-order valence-corrected chi connectivity index (χ4v) is 3.60. The highest BCUT2D eigenvalue weighted by molar-refractivity contribution is 5.79. The predicted molar refractivity (Wildman–Crippen MR) is 112 cm³/mol. The molecule has 3 heterocycles. The van der Waals surface area contributed by atoms with Gasteiger partial charge in [-0.3, -0.25) is 14.6 Å². The lowest BCUT2D eigenvalue weighted by Gasteiger charge is -2.18. The Morgan fingerprint density at radius 2 is 1.97 bits per heavy atom. The van der Waals surface area contributed by atoms with Gasteiger partial charge in [0.1, 0.15) is 5.82 Å². The molecule has 0 aliphatic carbocycles. The van der Waals surface area contributed by atoms with Gasteiger partial charge in [-0.1, -0.05) is 18.2 Å². The third kappa shape index (κ3) is 4.34. The summed E-state index contributed by atoms with van der Waals surface area (Å²) in [5.41, 5.74) is 2.57. The van der Waals surface area contributed by atoms with E-state index in [-0.39, 0.29) is 23.9 Å². The van der Waals surface area contributed by atoms with E-state index in [1.54, 1.807) is 31.5 Å². The summed E-state index contributed by atoms with van der Waals surface area (Å²) in [7, 11) is 0. The van der Waals surface area contributed by atoms with Crippen LogP contribution in [0.1, 0.15) is 17.7 Å². The molecule has 7 nitrogen and oxygen atoms in total. The van der Waals surface area contributed by atoms with Gasteiger partial charge < -0.3 is 15.2 Å². The number of amides is 1. The number of aromatic nitrogens is 3. The largest absolute Gasteiger partial charge is 0.380 e. The molecule has 1 saturated heterocycles. The number of hydrogen-bond acceptors (Lipinski definition) is 5. The molecule has 29 heavy (non-hydrogen) atoms. The van der Waals surface area contributed by atoms with E-state index in [0.29, 0.717) is 30.2 Å². The first-order valence-corrected chi connectivity index (χ1v) is 9.69. The number of H-pyrrole nitrogens is 1. The van der Waals surface area contributed by atoms with Gasteiger partial charge in [0.2, 0.25) is 5.91 Å². The van der Waals surface area contributed by atoms with Gasteiger partial charge in [-0.15, -0.1) is 0 Å². The van der Waals surface area contributed by atoms with Gasteiger partial charge in [-0.05, 0) is 37.6 Å². The number of hydrogen-bond donors (Lipinski definition) is 2. The fraction of sp³-hybridized carbons (Fsp3) is 0.273. The molecule has 2 aromatic heterocycles. The summed E-state index contributed by atoms with van der Waals surface area (Å²) in [5.74, 6) is 0.439. The van der Waals surface area contributed by atoms with Gasteiger partial charge in [0.15, 0.2) is 0 Å². The molecule has 0 radical (unpaired) electrons. The highest BCUT2D eigenvalue weighted by Crippen LogP contribution is 2.18. The number of nitrogens with zero attached hydrogens (tertiary/aromatic N) is 3. The van der Waals surface area contributed by atoms with E-state index in [1.807, 2.05) is 35.2 Å². The van der Waals surface area contributed by atoms with Crippen molar-refractivity contribution in [2.45, 2.75) is 25.8 Å². The van der Waals surface area contributed by atoms with Gasteiger partial charge in [0, 0.05) is 54.0 Å². The SMILES string of the molecule is Cc1nc(-c2ccncc2)[nH]c(=O)c1CC(=O)N1CCC(Nc2ccccc2)C1. The summed E-state index contributed by atoms with van der Waals surface area (Å²) < 4.78 is 0. The van der Waals surface area contributed by atoms with Gasteiger partial charge >= 0.3 is 0 Å². The van der Waals surface area contributed by atoms with Crippen molar-refractivity contribution in [3.63, 3.8) is 0 Å². The van der Waals surface area contributed by atoms with E-state index in [1.165, 1.54) is 0 Å². The Bertz CT molecular complexity index is 1050. The van der Waals surface area contributed by atoms with Crippen LogP contribution >= 0.6 is 0 Å². The minimum atomic E-state index is -0.268. The maximum absolute atomic E-state index is 12.8. The maximum atomic E-state index is 12.8. The number of aryl methyl sites for hydroxylation is 1. The summed E-state index contributed by atoms with van der Waals surface area (Å²) in [6, 6.07) is 13.8. The zero-order valence-electron chi connectivity index (χ0n) is 16.3. The topological polar surface area (TPSA) is 91.0 Å². The molecule has 3 aromatic rings. The van der Waals surface area contributed by atoms with Crippen molar-refractivity contribution in [3.05, 3.63) is 76.5 Å². The summed E-state index contributed by atoms with van der Waals surface area (Å²) >= 11 is 0. The number of carbonyl (C=O) groups is 1. The van der Waals surface area contributed by atoms with Crippen molar-refractivity contribution in [1.82, 2.24) is 19.9 Å². The lowest BCUT2D eigenvalue weighted by atomic mass is 10.1. The number of nitrogens with one attached hydrogen (secondary N) is 2. The molecule has 1 unspecified atom stereocenters. The number of pyridine rings is 1. The van der Waals surface area contributed by atoms with Crippen LogP contribution in [0.25, 0.3) is 11.4 Å². The zero-order valence-corrected chi connectivity index (χ0v) is 16.3. The number of likely N-dealkylation sites (tertiary alicyclic amines) is 1. The molecule has 7 heteroatoms. The number of rotatable bonds is 5. The minimum Gasteiger partial charge on any atom is -0.380 e. The van der Waals surface area contributed by atoms with Gasteiger partial charge in [0.25, 0.3) is 5.56 Å². The van der Waals surface area contributed by atoms with E-state index in [2.05, 4.69) is 20.3 Å². The Morgan fingerprint density at radius 1 is 1.21 bits per heavy atom. The normalized spacial score (nSPS) is 16.0. The Kier molecular flexibility index (Phi) is 5.37. The molecule has 1 aliphatic heterocycles. The first-order chi connectivity index (χ1) is 14.1. The predicted octanol–water partition coefficient (Wildman–Crippen LogP) is 2.40. The van der Waals surface area contributed by atoms with Crippen molar-refractivity contribution >= 4 is 11.6 Å². The fourth-order valence-electron chi connectivity index (χ4n) is 3.60. The molecule has 1 atom stereocenters. The third-order valence-corrected chi connectivity index (χ3v) is 5.19. The minimum absolute atomic E-state index is 0.0468. The van der Waals surface area contributed by atoms with Crippen LogP contribution in [-0.2, 0) is 11.2 Å². The van der Waals surface area contributed by atoms with E-state index >= 15 is 0 Å². The van der Waals surface area contributed by atoms with Crippen molar-refractivity contribution < 1.29 is 4.79 Å². The van der Waals surface area contributed by atoms with Crippen LogP contribution in [0.2, 0.25) is 0 Å². The highest BCUT2D eigenvalue weighted by Gasteiger charge is 2.27. The first kappa shape index (κ1) is 18.9. The Hall–Kier alpha value is -3.48. The summed E-state index contributed by atoms with van der Waals surface area (Å²) in [6.45, 7) is 3.09. The zero-order chi connectivity index (χ0) is 20.2. The molecule has 0 spiro atoms. The van der Waals surface area contributed by atoms with Crippen molar-refractivity contribution in [1.29, 1.82) is 0 Å². The molecule has 1 aromatic carbocycles. The lowest BCUT2D eigenvalue weighted by Crippen LogP contribution is -2.34. The van der Waals surface area contributed by atoms with E-state index in [4.69, 9.17) is 0 Å². The number of aromatic amines is 1. The quantitative estimate of drug-likeness (QED) is 0.699. The summed E-state index contributed by atoms with van der Waals surface area (Å²) in [6.07, 6.45) is 4.24. The second kappa shape index (κ2) is 8.26. The van der Waals surface area contributed by atoms with Gasteiger partial charge in [-0.2, -0.15) is 0 Å². The molecule has 148 valence electrons. The second-order valence-electron chi connectivity index (χ2n) is 7.23. The third-order valence-electron chi connectivity index (χ3n) is 5.19. The molecule has 0 saturated carbocycles. The van der Waals surface area contributed by atoms with Crippen LogP contribution in [0.4, 0.5) is 5.69 Å². The highest BCUT2D eigenvalue weighted by atomic mass is 16.2. The van der Waals surface area contributed by atoms with Crippen LogP contribution in [0.5, 0.6) is 0 Å². The monoisotopic (exact) mass is 389 g/mol. The second-order valence-corrected chi connectivity index (χ2v) is 7.23. The average Bonchev–Trinajstić information content (AvgIpc) is 3.20. The number of carbonyl (C=O) groups excluding carboxylic acids is 1. The maximum Gasteiger partial charge on any atom is 0.255 e. The molecule has 1 amide bonds. The van der Waals surface area contributed by atoms with Crippen LogP contribution in [0.3, 0.4) is 0 Å². The lowest BCUT2D eigenvalue weighted by molar-refractivity contribution is -0.129. The molecule has 1 fully saturated rings. The Labute approximate surface area is 168 Å². The van der Waals surface area contributed by atoms with Crippen molar-refractivity contribution in [2.24, 2.45) is 0 Å². The number of para-hydroxylation sites is 1. The Balaban J connectivity index is 1.43. The Morgan fingerprint density at radius 3 is 2.69 bits per heavy atom. The van der Waals surface area contributed by atoms with Crippen LogP contribution in [0.15, 0.2) is 59.7 Å². The molecular formula is C22H23N5O2. The standard InChI is InChI=1S/C22H23N5O2/c1-15-19(22(29)26-21(24-15)16-7-10-23-11-8-16)13-20(28)27-12-9-18(14-27)25-17-5-3-2-4-6-17/h2-8,10-11,18,25H,9,12-14H2,1H3,(H,24,26,29). The first-order valence-electron chi connectivity index (χ1n) is 9.69. The van der Waals surface area contributed by atoms with Gasteiger partial charge in [-0.25, -0.2) is 4.98 Å². The van der Waals surface area contributed by atoms with E-state index in [0.717, 1.165) is 17.7 Å². The van der Waals surface area contributed by atoms with E-state index < -0.39 is 0 Å². The van der Waals surface area contributed by atoms with Crippen molar-refractivity contribution in [3.8, 4) is 11.4 Å². The molecule has 0 bridgehead atoms. The summed E-state index contributed by atoms with van der Waals surface area (Å²) in [4.78, 5) is 38.4. The average molecular weight is 389 g/mol.